The van der Waals surface area contributed by atoms with Crippen LogP contribution >= 0.6 is 0 Å². The Morgan fingerprint density at radius 3 is 2.64 bits per heavy atom. The van der Waals surface area contributed by atoms with Crippen LogP contribution in [0, 0.1) is 0 Å². The molecule has 1 saturated heterocycles. The van der Waals surface area contributed by atoms with Gasteiger partial charge < -0.3 is 15.5 Å². The highest BCUT2D eigenvalue weighted by molar-refractivity contribution is 4.98. The van der Waals surface area contributed by atoms with E-state index in [1.165, 1.54) is 32.5 Å². The highest BCUT2D eigenvalue weighted by Gasteiger charge is 2.11. The predicted molar refractivity (Wildman–Crippen MR) is 61.4 cm³/mol. The Kier molecular flexibility index (Phi) is 5.15. The zero-order chi connectivity index (χ0) is 10.4. The number of rotatable bonds is 6. The van der Waals surface area contributed by atoms with Crippen LogP contribution in [-0.4, -0.2) is 56.1 Å². The van der Waals surface area contributed by atoms with Crippen molar-refractivity contribution in [3.63, 3.8) is 0 Å². The summed E-state index contributed by atoms with van der Waals surface area (Å²) in [4.78, 5) is 4.83. The molecule has 0 aliphatic carbocycles. The Balaban J connectivity index is 2.07. The van der Waals surface area contributed by atoms with Crippen molar-refractivity contribution in [3.8, 4) is 0 Å². The fourth-order valence-electron chi connectivity index (χ4n) is 1.84. The van der Waals surface area contributed by atoms with Crippen molar-refractivity contribution in [1.82, 2.24) is 9.80 Å². The Labute approximate surface area is 87.6 Å². The van der Waals surface area contributed by atoms with E-state index in [1.807, 2.05) is 0 Å². The molecule has 1 aliphatic rings. The molecule has 0 aromatic heterocycles. The number of likely N-dealkylation sites (N-methyl/N-ethyl adjacent to an activating group) is 1. The maximum absolute atomic E-state index is 5.50. The molecule has 3 heteroatoms. The minimum absolute atomic E-state index is 0.605. The fraction of sp³-hybridized carbons (Fsp3) is 0.818. The topological polar surface area (TPSA) is 32.5 Å². The molecule has 0 amide bonds. The number of likely N-dealkylation sites (tertiary alicyclic amines) is 1. The molecule has 0 spiro atoms. The molecular weight excluding hydrogens is 174 g/mol. The first-order valence-electron chi connectivity index (χ1n) is 5.50. The summed E-state index contributed by atoms with van der Waals surface area (Å²) < 4.78 is 0. The van der Waals surface area contributed by atoms with E-state index in [0.717, 1.165) is 18.7 Å². The van der Waals surface area contributed by atoms with E-state index in [1.54, 1.807) is 0 Å². The minimum Gasteiger partial charge on any atom is -0.327 e. The van der Waals surface area contributed by atoms with E-state index in [4.69, 9.17) is 5.73 Å². The van der Waals surface area contributed by atoms with Crippen molar-refractivity contribution in [1.29, 1.82) is 0 Å². The summed E-state index contributed by atoms with van der Waals surface area (Å²) in [6, 6.07) is 0. The van der Waals surface area contributed by atoms with Crippen LogP contribution in [0.1, 0.15) is 12.8 Å². The molecule has 1 heterocycles. The van der Waals surface area contributed by atoms with Crippen molar-refractivity contribution < 1.29 is 0 Å². The number of nitrogens with two attached hydrogens (primary N) is 1. The third-order valence-electron chi connectivity index (χ3n) is 2.78. The summed E-state index contributed by atoms with van der Waals surface area (Å²) in [6.07, 6.45) is 2.75. The van der Waals surface area contributed by atoms with Crippen LogP contribution in [0.2, 0.25) is 0 Å². The van der Waals surface area contributed by atoms with Gasteiger partial charge in [0.15, 0.2) is 0 Å². The largest absolute Gasteiger partial charge is 0.327 e. The molecule has 1 fully saturated rings. The first kappa shape index (κ1) is 11.7. The first-order chi connectivity index (χ1) is 6.72. The number of hydrogen-bond acceptors (Lipinski definition) is 3. The zero-order valence-electron chi connectivity index (χ0n) is 9.34. The van der Waals surface area contributed by atoms with Crippen molar-refractivity contribution in [2.24, 2.45) is 5.73 Å². The lowest BCUT2D eigenvalue weighted by atomic mass is 10.3. The lowest BCUT2D eigenvalue weighted by Crippen LogP contribution is -2.33. The lowest BCUT2D eigenvalue weighted by Gasteiger charge is -2.21. The Hall–Kier alpha value is -0.380. The first-order valence-corrected chi connectivity index (χ1v) is 5.50. The van der Waals surface area contributed by atoms with E-state index in [0.29, 0.717) is 6.54 Å². The number of hydrogen-bond donors (Lipinski definition) is 1. The molecule has 0 atom stereocenters. The maximum atomic E-state index is 5.50. The van der Waals surface area contributed by atoms with E-state index in [2.05, 4.69) is 23.4 Å². The van der Waals surface area contributed by atoms with Crippen LogP contribution < -0.4 is 5.73 Å². The molecule has 0 aromatic carbocycles. The molecule has 14 heavy (non-hydrogen) atoms. The minimum atomic E-state index is 0.605. The SMILES string of the molecule is C=C(CN)CN(C)CCN1CCCC1. The Bertz CT molecular complexity index is 173. The van der Waals surface area contributed by atoms with Crippen molar-refractivity contribution in [2.45, 2.75) is 12.8 Å². The van der Waals surface area contributed by atoms with Crippen LogP contribution in [0.3, 0.4) is 0 Å². The van der Waals surface area contributed by atoms with Gasteiger partial charge in [-0.25, -0.2) is 0 Å². The van der Waals surface area contributed by atoms with Gasteiger partial charge in [-0.2, -0.15) is 0 Å². The predicted octanol–water partition coefficient (Wildman–Crippen LogP) is 0.529. The molecule has 2 N–H and O–H groups in total. The van der Waals surface area contributed by atoms with Gasteiger partial charge in [-0.05, 0) is 38.6 Å². The smallest absolute Gasteiger partial charge is 0.0200 e. The van der Waals surface area contributed by atoms with Crippen LogP contribution in [-0.2, 0) is 0 Å². The monoisotopic (exact) mass is 197 g/mol. The summed E-state index contributed by atoms with van der Waals surface area (Å²) in [5, 5.41) is 0. The molecule has 0 aromatic rings. The zero-order valence-corrected chi connectivity index (χ0v) is 9.34. The maximum Gasteiger partial charge on any atom is 0.0200 e. The average Bonchev–Trinajstić information content (AvgIpc) is 2.67. The summed E-state index contributed by atoms with van der Waals surface area (Å²) in [6.45, 7) is 10.3. The van der Waals surface area contributed by atoms with Crippen LogP contribution in [0.25, 0.3) is 0 Å². The van der Waals surface area contributed by atoms with Gasteiger partial charge in [-0.15, -0.1) is 0 Å². The Morgan fingerprint density at radius 1 is 1.43 bits per heavy atom. The average molecular weight is 197 g/mol. The molecule has 82 valence electrons. The van der Waals surface area contributed by atoms with Gasteiger partial charge in [0, 0.05) is 26.2 Å². The third-order valence-corrected chi connectivity index (χ3v) is 2.78. The van der Waals surface area contributed by atoms with E-state index < -0.39 is 0 Å². The molecular formula is C11H23N3. The second-order valence-electron chi connectivity index (χ2n) is 4.24. The fourth-order valence-corrected chi connectivity index (χ4v) is 1.84. The van der Waals surface area contributed by atoms with E-state index in [9.17, 15) is 0 Å². The molecule has 0 saturated carbocycles. The Morgan fingerprint density at radius 2 is 2.07 bits per heavy atom. The second kappa shape index (κ2) is 6.17. The summed E-state index contributed by atoms with van der Waals surface area (Å²) in [5.41, 5.74) is 6.62. The van der Waals surface area contributed by atoms with Crippen molar-refractivity contribution in [2.75, 3.05) is 46.3 Å². The van der Waals surface area contributed by atoms with Gasteiger partial charge >= 0.3 is 0 Å². The molecule has 1 rings (SSSR count). The van der Waals surface area contributed by atoms with Gasteiger partial charge in [-0.1, -0.05) is 6.58 Å². The summed E-state index contributed by atoms with van der Waals surface area (Å²) in [7, 11) is 2.14. The second-order valence-corrected chi connectivity index (χ2v) is 4.24. The van der Waals surface area contributed by atoms with Gasteiger partial charge in [0.2, 0.25) is 0 Å². The number of nitrogens with zero attached hydrogens (tertiary/aromatic N) is 2. The van der Waals surface area contributed by atoms with Gasteiger partial charge in [0.05, 0.1) is 0 Å². The van der Waals surface area contributed by atoms with Crippen molar-refractivity contribution in [3.05, 3.63) is 12.2 Å². The standard InChI is InChI=1S/C11H23N3/c1-11(9-12)10-13(2)7-8-14-5-3-4-6-14/h1,3-10,12H2,2H3. The quantitative estimate of drug-likeness (QED) is 0.630. The van der Waals surface area contributed by atoms with E-state index >= 15 is 0 Å². The summed E-state index contributed by atoms with van der Waals surface area (Å²) in [5.74, 6) is 0. The molecule has 1 aliphatic heterocycles. The molecule has 0 unspecified atom stereocenters. The lowest BCUT2D eigenvalue weighted by molar-refractivity contribution is 0.268. The highest BCUT2D eigenvalue weighted by Crippen LogP contribution is 2.06. The molecule has 0 radical (unpaired) electrons. The molecule has 0 bridgehead atoms. The normalized spacial score (nSPS) is 17.9. The van der Waals surface area contributed by atoms with Crippen molar-refractivity contribution >= 4 is 0 Å². The summed E-state index contributed by atoms with van der Waals surface area (Å²) >= 11 is 0. The van der Waals surface area contributed by atoms with Crippen LogP contribution in [0.15, 0.2) is 12.2 Å². The van der Waals surface area contributed by atoms with Gasteiger partial charge in [0.25, 0.3) is 0 Å². The van der Waals surface area contributed by atoms with Crippen LogP contribution in [0.4, 0.5) is 0 Å². The van der Waals surface area contributed by atoms with Gasteiger partial charge in [-0.3, -0.25) is 0 Å². The molecule has 3 nitrogen and oxygen atoms in total. The van der Waals surface area contributed by atoms with E-state index in [-0.39, 0.29) is 0 Å². The van der Waals surface area contributed by atoms with Crippen LogP contribution in [0.5, 0.6) is 0 Å². The van der Waals surface area contributed by atoms with Gasteiger partial charge in [0.1, 0.15) is 0 Å². The third kappa shape index (κ3) is 4.22. The highest BCUT2D eigenvalue weighted by atomic mass is 15.2.